The molecule has 0 unspecified atom stereocenters. The number of ether oxygens (including phenoxy) is 2. The molecule has 4 nitrogen and oxygen atoms in total. The Labute approximate surface area is 148 Å². The van der Waals surface area contributed by atoms with Crippen molar-refractivity contribution in [2.45, 2.75) is 38.8 Å². The maximum atomic E-state index is 13.7. The SMILES string of the molecule is CC[C@H](NC(=O)[C@@H](CC)Oc1ccccc1F)c1ccc(OC)cc1. The number of carbonyl (C=O) groups is 1. The van der Waals surface area contributed by atoms with Gasteiger partial charge in [-0.3, -0.25) is 4.79 Å². The Morgan fingerprint density at radius 2 is 1.76 bits per heavy atom. The van der Waals surface area contributed by atoms with Crippen molar-refractivity contribution in [2.24, 2.45) is 0 Å². The van der Waals surface area contributed by atoms with Crippen molar-refractivity contribution in [2.75, 3.05) is 7.11 Å². The van der Waals surface area contributed by atoms with Gasteiger partial charge in [0.1, 0.15) is 5.75 Å². The summed E-state index contributed by atoms with van der Waals surface area (Å²) in [6, 6.07) is 13.5. The molecule has 0 aliphatic heterocycles. The first-order chi connectivity index (χ1) is 12.1. The average Bonchev–Trinajstić information content (AvgIpc) is 2.65. The number of para-hydroxylation sites is 1. The molecular weight excluding hydrogens is 321 g/mol. The highest BCUT2D eigenvalue weighted by Crippen LogP contribution is 2.22. The van der Waals surface area contributed by atoms with E-state index in [-0.39, 0.29) is 17.7 Å². The van der Waals surface area contributed by atoms with Gasteiger partial charge in [-0.15, -0.1) is 0 Å². The normalized spacial score (nSPS) is 13.0. The van der Waals surface area contributed by atoms with Crippen LogP contribution in [-0.4, -0.2) is 19.1 Å². The van der Waals surface area contributed by atoms with Crippen LogP contribution < -0.4 is 14.8 Å². The molecule has 134 valence electrons. The second kappa shape index (κ2) is 9.06. The van der Waals surface area contributed by atoms with Gasteiger partial charge in [0.25, 0.3) is 5.91 Å². The molecule has 0 fully saturated rings. The number of halogens is 1. The number of benzene rings is 2. The van der Waals surface area contributed by atoms with E-state index < -0.39 is 11.9 Å². The highest BCUT2D eigenvalue weighted by Gasteiger charge is 2.22. The highest BCUT2D eigenvalue weighted by atomic mass is 19.1. The molecule has 1 amide bonds. The minimum absolute atomic E-state index is 0.0852. The lowest BCUT2D eigenvalue weighted by molar-refractivity contribution is -0.129. The minimum Gasteiger partial charge on any atom is -0.497 e. The first-order valence-corrected chi connectivity index (χ1v) is 8.44. The Bertz CT molecular complexity index is 688. The van der Waals surface area contributed by atoms with Gasteiger partial charge >= 0.3 is 0 Å². The van der Waals surface area contributed by atoms with E-state index in [1.807, 2.05) is 38.1 Å². The monoisotopic (exact) mass is 345 g/mol. The summed E-state index contributed by atoms with van der Waals surface area (Å²) in [5.41, 5.74) is 0.984. The van der Waals surface area contributed by atoms with Gasteiger partial charge in [0.15, 0.2) is 17.7 Å². The third kappa shape index (κ3) is 4.95. The lowest BCUT2D eigenvalue weighted by Crippen LogP contribution is -2.40. The van der Waals surface area contributed by atoms with Gasteiger partial charge in [0.05, 0.1) is 13.2 Å². The predicted octanol–water partition coefficient (Wildman–Crippen LogP) is 4.26. The number of hydrogen-bond donors (Lipinski definition) is 1. The molecule has 2 atom stereocenters. The molecule has 0 spiro atoms. The summed E-state index contributed by atoms with van der Waals surface area (Å²) in [6.45, 7) is 3.83. The van der Waals surface area contributed by atoms with Crippen LogP contribution in [-0.2, 0) is 4.79 Å². The van der Waals surface area contributed by atoms with Crippen molar-refractivity contribution >= 4 is 5.91 Å². The van der Waals surface area contributed by atoms with E-state index in [1.54, 1.807) is 19.2 Å². The Morgan fingerprint density at radius 1 is 1.08 bits per heavy atom. The standard InChI is InChI=1S/C20H24FNO3/c1-4-17(14-10-12-15(24-3)13-11-14)22-20(23)18(5-2)25-19-9-7-6-8-16(19)21/h6-13,17-18H,4-5H2,1-3H3,(H,22,23)/t17-,18+/m0/s1. The third-order valence-corrected chi connectivity index (χ3v) is 4.01. The lowest BCUT2D eigenvalue weighted by Gasteiger charge is -2.22. The van der Waals surface area contributed by atoms with E-state index in [1.165, 1.54) is 12.1 Å². The van der Waals surface area contributed by atoms with Gasteiger partial charge in [-0.1, -0.05) is 38.1 Å². The zero-order valence-electron chi connectivity index (χ0n) is 14.8. The van der Waals surface area contributed by atoms with Crippen molar-refractivity contribution < 1.29 is 18.7 Å². The Balaban J connectivity index is 2.06. The van der Waals surface area contributed by atoms with Crippen LogP contribution in [0.3, 0.4) is 0 Å². The van der Waals surface area contributed by atoms with Crippen molar-refractivity contribution in [3.8, 4) is 11.5 Å². The molecule has 0 heterocycles. The minimum atomic E-state index is -0.746. The maximum Gasteiger partial charge on any atom is 0.261 e. The summed E-state index contributed by atoms with van der Waals surface area (Å²) < 4.78 is 24.5. The van der Waals surface area contributed by atoms with E-state index in [2.05, 4.69) is 5.32 Å². The van der Waals surface area contributed by atoms with Crippen LogP contribution >= 0.6 is 0 Å². The first kappa shape index (κ1) is 18.8. The molecule has 2 rings (SSSR count). The second-order valence-corrected chi connectivity index (χ2v) is 5.69. The summed E-state index contributed by atoms with van der Waals surface area (Å²) in [6.07, 6.45) is 0.428. The number of methoxy groups -OCH3 is 1. The Morgan fingerprint density at radius 3 is 2.32 bits per heavy atom. The molecule has 0 aromatic heterocycles. The van der Waals surface area contributed by atoms with E-state index in [4.69, 9.17) is 9.47 Å². The lowest BCUT2D eigenvalue weighted by atomic mass is 10.0. The zero-order chi connectivity index (χ0) is 18.2. The van der Waals surface area contributed by atoms with Crippen molar-refractivity contribution in [3.63, 3.8) is 0 Å². The van der Waals surface area contributed by atoms with Gasteiger partial charge in [-0.05, 0) is 42.7 Å². The molecule has 1 N–H and O–H groups in total. The predicted molar refractivity (Wildman–Crippen MR) is 95.3 cm³/mol. The van der Waals surface area contributed by atoms with Crippen LogP contribution in [0.2, 0.25) is 0 Å². The van der Waals surface area contributed by atoms with Crippen molar-refractivity contribution in [1.82, 2.24) is 5.32 Å². The molecule has 0 saturated heterocycles. The Hall–Kier alpha value is -2.56. The first-order valence-electron chi connectivity index (χ1n) is 8.44. The van der Waals surface area contributed by atoms with Gasteiger partial charge in [-0.25, -0.2) is 4.39 Å². The smallest absolute Gasteiger partial charge is 0.261 e. The number of carbonyl (C=O) groups excluding carboxylic acids is 1. The van der Waals surface area contributed by atoms with E-state index >= 15 is 0 Å². The number of nitrogens with one attached hydrogen (secondary N) is 1. The second-order valence-electron chi connectivity index (χ2n) is 5.69. The molecule has 25 heavy (non-hydrogen) atoms. The van der Waals surface area contributed by atoms with Gasteiger partial charge < -0.3 is 14.8 Å². The molecule has 0 bridgehead atoms. The summed E-state index contributed by atoms with van der Waals surface area (Å²) in [7, 11) is 1.61. The van der Waals surface area contributed by atoms with E-state index in [9.17, 15) is 9.18 Å². The topological polar surface area (TPSA) is 47.6 Å². The van der Waals surface area contributed by atoms with Gasteiger partial charge in [0.2, 0.25) is 0 Å². The molecule has 2 aromatic carbocycles. The average molecular weight is 345 g/mol. The quantitative estimate of drug-likeness (QED) is 0.778. The zero-order valence-corrected chi connectivity index (χ0v) is 14.8. The molecule has 2 aromatic rings. The van der Waals surface area contributed by atoms with E-state index in [0.717, 1.165) is 17.7 Å². The molecule has 0 saturated carbocycles. The van der Waals surface area contributed by atoms with Crippen LogP contribution in [0, 0.1) is 5.82 Å². The third-order valence-electron chi connectivity index (χ3n) is 4.01. The number of hydrogen-bond acceptors (Lipinski definition) is 3. The fourth-order valence-electron chi connectivity index (χ4n) is 2.54. The molecule has 0 radical (unpaired) electrons. The maximum absolute atomic E-state index is 13.7. The molecule has 5 heteroatoms. The van der Waals surface area contributed by atoms with Gasteiger partial charge in [-0.2, -0.15) is 0 Å². The number of rotatable bonds is 8. The summed E-state index contributed by atoms with van der Waals surface area (Å²) in [4.78, 5) is 12.6. The largest absolute Gasteiger partial charge is 0.497 e. The van der Waals surface area contributed by atoms with Crippen LogP contribution in [0.15, 0.2) is 48.5 Å². The summed E-state index contributed by atoms with van der Waals surface area (Å²) in [5, 5.41) is 2.98. The van der Waals surface area contributed by atoms with Gasteiger partial charge in [0, 0.05) is 0 Å². The van der Waals surface area contributed by atoms with Crippen LogP contribution in [0.4, 0.5) is 4.39 Å². The molecule has 0 aliphatic carbocycles. The van der Waals surface area contributed by atoms with Crippen LogP contribution in [0.5, 0.6) is 11.5 Å². The highest BCUT2D eigenvalue weighted by molar-refractivity contribution is 5.81. The fourth-order valence-corrected chi connectivity index (χ4v) is 2.54. The summed E-state index contributed by atoms with van der Waals surface area (Å²) >= 11 is 0. The van der Waals surface area contributed by atoms with E-state index in [0.29, 0.717) is 6.42 Å². The van der Waals surface area contributed by atoms with Crippen LogP contribution in [0.1, 0.15) is 38.3 Å². The number of amides is 1. The van der Waals surface area contributed by atoms with Crippen molar-refractivity contribution in [3.05, 3.63) is 59.9 Å². The van der Waals surface area contributed by atoms with Crippen LogP contribution in [0.25, 0.3) is 0 Å². The summed E-state index contributed by atoms with van der Waals surface area (Å²) in [5.74, 6) is 0.116. The van der Waals surface area contributed by atoms with Crippen molar-refractivity contribution in [1.29, 1.82) is 0 Å². The fraction of sp³-hybridized carbons (Fsp3) is 0.350. The molecule has 0 aliphatic rings. The molecular formula is C20H24FNO3. The Kier molecular flexibility index (Phi) is 6.81.